The molecule has 0 atom stereocenters. The van der Waals surface area contributed by atoms with Gasteiger partial charge in [0, 0.05) is 6.54 Å². The Morgan fingerprint density at radius 2 is 1.90 bits per heavy atom. The number of hydrogen-bond acceptors (Lipinski definition) is 6. The molecule has 3 rings (SSSR count). The SMILES string of the molecule is COC(=O)CCn1c(SCC(=O)Nc2ccccc2F)nc2ccccc2c1=O. The molecule has 0 aliphatic heterocycles. The monoisotopic (exact) mass is 415 g/mol. The molecule has 1 amide bonds. The average Bonchev–Trinajstić information content (AvgIpc) is 2.73. The molecule has 2 aromatic carbocycles. The largest absolute Gasteiger partial charge is 0.469 e. The first-order valence-corrected chi connectivity index (χ1v) is 9.71. The number of esters is 1. The number of carbonyl (C=O) groups excluding carboxylic acids is 2. The van der Waals surface area contributed by atoms with Crippen LogP contribution >= 0.6 is 11.8 Å². The first-order chi connectivity index (χ1) is 14.0. The predicted octanol–water partition coefficient (Wildman–Crippen LogP) is 2.83. The molecule has 150 valence electrons. The minimum atomic E-state index is -0.537. The number of anilines is 1. The van der Waals surface area contributed by atoms with E-state index in [1.165, 1.54) is 29.9 Å². The van der Waals surface area contributed by atoms with Crippen molar-refractivity contribution in [3.8, 4) is 0 Å². The maximum absolute atomic E-state index is 13.7. The van der Waals surface area contributed by atoms with Gasteiger partial charge >= 0.3 is 5.97 Å². The zero-order valence-electron chi connectivity index (χ0n) is 15.6. The van der Waals surface area contributed by atoms with Crippen LogP contribution in [0.15, 0.2) is 58.5 Å². The quantitative estimate of drug-likeness (QED) is 0.363. The summed E-state index contributed by atoms with van der Waals surface area (Å²) in [5, 5.41) is 3.19. The Bertz CT molecular complexity index is 1120. The molecule has 0 aliphatic carbocycles. The fraction of sp³-hybridized carbons (Fsp3) is 0.200. The highest BCUT2D eigenvalue weighted by Crippen LogP contribution is 2.19. The van der Waals surface area contributed by atoms with Crippen LogP contribution in [0.5, 0.6) is 0 Å². The van der Waals surface area contributed by atoms with Gasteiger partial charge in [-0.05, 0) is 24.3 Å². The number of ether oxygens (including phenoxy) is 1. The second-order valence-electron chi connectivity index (χ2n) is 6.01. The number of nitrogens with zero attached hydrogens (tertiary/aromatic N) is 2. The lowest BCUT2D eigenvalue weighted by Crippen LogP contribution is -2.25. The van der Waals surface area contributed by atoms with E-state index in [1.807, 2.05) is 0 Å². The highest BCUT2D eigenvalue weighted by atomic mass is 32.2. The summed E-state index contributed by atoms with van der Waals surface area (Å²) in [4.78, 5) is 41.0. The smallest absolute Gasteiger partial charge is 0.307 e. The molecule has 1 aromatic heterocycles. The van der Waals surface area contributed by atoms with Gasteiger partial charge in [0.15, 0.2) is 5.16 Å². The maximum atomic E-state index is 13.7. The summed E-state index contributed by atoms with van der Waals surface area (Å²) >= 11 is 1.03. The summed E-state index contributed by atoms with van der Waals surface area (Å²) < 4.78 is 19.7. The minimum absolute atomic E-state index is 0.00852. The number of carbonyl (C=O) groups is 2. The van der Waals surface area contributed by atoms with E-state index in [-0.39, 0.29) is 30.0 Å². The molecule has 29 heavy (non-hydrogen) atoms. The number of hydrogen-bond donors (Lipinski definition) is 1. The number of benzene rings is 2. The molecule has 0 saturated carbocycles. The number of methoxy groups -OCH3 is 1. The third-order valence-corrected chi connectivity index (χ3v) is 5.05. The lowest BCUT2D eigenvalue weighted by Gasteiger charge is -2.13. The van der Waals surface area contributed by atoms with Crippen LogP contribution in [0.2, 0.25) is 0 Å². The van der Waals surface area contributed by atoms with Crippen LogP contribution in [0, 0.1) is 5.82 Å². The van der Waals surface area contributed by atoms with Gasteiger partial charge in [-0.3, -0.25) is 19.0 Å². The Labute approximate surface area is 169 Å². The first-order valence-electron chi connectivity index (χ1n) is 8.73. The Morgan fingerprint density at radius 3 is 2.66 bits per heavy atom. The highest BCUT2D eigenvalue weighted by Gasteiger charge is 2.15. The van der Waals surface area contributed by atoms with E-state index in [1.54, 1.807) is 30.3 Å². The lowest BCUT2D eigenvalue weighted by atomic mass is 10.2. The van der Waals surface area contributed by atoms with Crippen LogP contribution in [0.3, 0.4) is 0 Å². The average molecular weight is 415 g/mol. The number of amides is 1. The van der Waals surface area contributed by atoms with Crippen molar-refractivity contribution in [3.63, 3.8) is 0 Å². The number of rotatable bonds is 7. The van der Waals surface area contributed by atoms with Crippen LogP contribution in [-0.4, -0.2) is 34.3 Å². The van der Waals surface area contributed by atoms with Crippen LogP contribution in [0.25, 0.3) is 10.9 Å². The van der Waals surface area contributed by atoms with Gasteiger partial charge in [0.25, 0.3) is 5.56 Å². The highest BCUT2D eigenvalue weighted by molar-refractivity contribution is 7.99. The second-order valence-corrected chi connectivity index (χ2v) is 6.95. The van der Waals surface area contributed by atoms with Gasteiger partial charge < -0.3 is 10.1 Å². The van der Waals surface area contributed by atoms with Crippen molar-refractivity contribution in [1.82, 2.24) is 9.55 Å². The summed E-state index contributed by atoms with van der Waals surface area (Å²) in [6.07, 6.45) is -0.00852. The number of nitrogens with one attached hydrogen (secondary N) is 1. The Kier molecular flexibility index (Phi) is 6.61. The van der Waals surface area contributed by atoms with Crippen LogP contribution in [-0.2, 0) is 20.9 Å². The van der Waals surface area contributed by atoms with Gasteiger partial charge in [0.1, 0.15) is 5.82 Å². The molecule has 0 aliphatic rings. The van der Waals surface area contributed by atoms with Crippen LogP contribution in [0.4, 0.5) is 10.1 Å². The number of aromatic nitrogens is 2. The van der Waals surface area contributed by atoms with Crippen molar-refractivity contribution >= 4 is 40.2 Å². The third kappa shape index (κ3) is 5.00. The number of fused-ring (bicyclic) bond motifs is 1. The van der Waals surface area contributed by atoms with Gasteiger partial charge in [-0.1, -0.05) is 36.0 Å². The van der Waals surface area contributed by atoms with Gasteiger partial charge in [-0.2, -0.15) is 0 Å². The van der Waals surface area contributed by atoms with Crippen LogP contribution < -0.4 is 10.9 Å². The van der Waals surface area contributed by atoms with Crippen LogP contribution in [0.1, 0.15) is 6.42 Å². The molecular formula is C20H18FN3O4S. The summed E-state index contributed by atoms with van der Waals surface area (Å²) in [7, 11) is 1.27. The van der Waals surface area contributed by atoms with E-state index >= 15 is 0 Å². The van der Waals surface area contributed by atoms with Crippen molar-refractivity contribution in [2.24, 2.45) is 0 Å². The standard InChI is InChI=1S/C20H18FN3O4S/c1-28-18(26)10-11-24-19(27)13-6-2-4-8-15(13)23-20(24)29-12-17(25)22-16-9-5-3-7-14(16)21/h2-9H,10-12H2,1H3,(H,22,25). The van der Waals surface area contributed by atoms with Gasteiger partial charge in [0.05, 0.1) is 35.9 Å². The Hall–Kier alpha value is -3.20. The summed E-state index contributed by atoms with van der Waals surface area (Å²) in [5.41, 5.74) is 0.257. The zero-order chi connectivity index (χ0) is 20.8. The molecule has 0 radical (unpaired) electrons. The molecule has 0 unspecified atom stereocenters. The molecule has 1 N–H and O–H groups in total. The summed E-state index contributed by atoms with van der Waals surface area (Å²) in [6, 6.07) is 12.7. The predicted molar refractivity (Wildman–Crippen MR) is 108 cm³/mol. The molecule has 7 nitrogen and oxygen atoms in total. The molecule has 0 spiro atoms. The molecule has 0 fully saturated rings. The molecule has 9 heteroatoms. The van der Waals surface area contributed by atoms with Crippen molar-refractivity contribution in [3.05, 3.63) is 64.7 Å². The molecule has 0 bridgehead atoms. The van der Waals surface area contributed by atoms with Gasteiger partial charge in [-0.15, -0.1) is 0 Å². The Balaban J connectivity index is 1.83. The van der Waals surface area contributed by atoms with E-state index in [9.17, 15) is 18.8 Å². The van der Waals surface area contributed by atoms with Gasteiger partial charge in [0.2, 0.25) is 5.91 Å². The van der Waals surface area contributed by atoms with Crippen molar-refractivity contribution in [2.45, 2.75) is 18.1 Å². The Morgan fingerprint density at radius 1 is 1.17 bits per heavy atom. The lowest BCUT2D eigenvalue weighted by molar-refractivity contribution is -0.140. The maximum Gasteiger partial charge on any atom is 0.307 e. The summed E-state index contributed by atoms with van der Waals surface area (Å²) in [5.74, 6) is -1.53. The van der Waals surface area contributed by atoms with Gasteiger partial charge in [-0.25, -0.2) is 9.37 Å². The van der Waals surface area contributed by atoms with E-state index in [0.717, 1.165) is 11.8 Å². The topological polar surface area (TPSA) is 90.3 Å². The minimum Gasteiger partial charge on any atom is -0.469 e. The second kappa shape index (κ2) is 9.33. The normalized spacial score (nSPS) is 10.7. The fourth-order valence-electron chi connectivity index (χ4n) is 2.64. The van der Waals surface area contributed by atoms with Crippen molar-refractivity contribution in [2.75, 3.05) is 18.2 Å². The van der Waals surface area contributed by atoms with Crippen molar-refractivity contribution in [1.29, 1.82) is 0 Å². The zero-order valence-corrected chi connectivity index (χ0v) is 16.4. The molecule has 0 saturated heterocycles. The van der Waals surface area contributed by atoms with E-state index in [2.05, 4.69) is 15.0 Å². The number of thioether (sulfide) groups is 1. The molecule has 1 heterocycles. The van der Waals surface area contributed by atoms with E-state index < -0.39 is 17.7 Å². The summed E-state index contributed by atoms with van der Waals surface area (Å²) in [6.45, 7) is 0.0700. The number of halogens is 1. The molecular weight excluding hydrogens is 397 g/mol. The fourth-order valence-corrected chi connectivity index (χ4v) is 3.46. The van der Waals surface area contributed by atoms with E-state index in [4.69, 9.17) is 0 Å². The molecule has 3 aromatic rings. The third-order valence-electron chi connectivity index (χ3n) is 4.07. The first kappa shape index (κ1) is 20.5. The van der Waals surface area contributed by atoms with E-state index in [0.29, 0.717) is 16.1 Å². The van der Waals surface area contributed by atoms with Crippen molar-refractivity contribution < 1.29 is 18.7 Å². The number of para-hydroxylation sites is 2.